The lowest BCUT2D eigenvalue weighted by Gasteiger charge is -2.11. The third-order valence-electron chi connectivity index (χ3n) is 4.93. The second kappa shape index (κ2) is 9.33. The van der Waals surface area contributed by atoms with Crippen LogP contribution < -0.4 is 5.32 Å². The van der Waals surface area contributed by atoms with E-state index in [0.29, 0.717) is 27.9 Å². The van der Waals surface area contributed by atoms with Crippen molar-refractivity contribution in [1.82, 2.24) is 14.9 Å². The Morgan fingerprint density at radius 3 is 2.33 bits per heavy atom. The van der Waals surface area contributed by atoms with Gasteiger partial charge in [-0.1, -0.05) is 83.9 Å². The van der Waals surface area contributed by atoms with E-state index in [2.05, 4.69) is 17.4 Å². The Hall–Kier alpha value is -2.82. The Balaban J connectivity index is 1.52. The molecule has 1 N–H and O–H groups in total. The number of halogens is 2. The lowest BCUT2D eigenvalue weighted by molar-refractivity contribution is -0.121. The lowest BCUT2D eigenvalue weighted by Crippen LogP contribution is -2.29. The first-order valence-corrected chi connectivity index (χ1v) is 10.6. The normalized spacial score (nSPS) is 11.0. The average Bonchev–Trinajstić information content (AvgIpc) is 3.10. The van der Waals surface area contributed by atoms with Gasteiger partial charge in [0.1, 0.15) is 12.4 Å². The van der Waals surface area contributed by atoms with Gasteiger partial charge >= 0.3 is 0 Å². The van der Waals surface area contributed by atoms with Crippen LogP contribution in [0, 0.1) is 0 Å². The van der Waals surface area contributed by atoms with Crippen LogP contribution in [0.1, 0.15) is 12.0 Å². The Bertz CT molecular complexity index is 1160. The van der Waals surface area contributed by atoms with Gasteiger partial charge in [0.2, 0.25) is 5.91 Å². The molecule has 4 aromatic rings. The van der Waals surface area contributed by atoms with Crippen molar-refractivity contribution < 1.29 is 4.79 Å². The summed E-state index contributed by atoms with van der Waals surface area (Å²) in [6, 6.07) is 23.5. The van der Waals surface area contributed by atoms with E-state index in [1.165, 1.54) is 5.56 Å². The molecule has 0 fully saturated rings. The van der Waals surface area contributed by atoms with E-state index in [1.54, 1.807) is 12.1 Å². The van der Waals surface area contributed by atoms with Crippen molar-refractivity contribution in [2.24, 2.45) is 0 Å². The number of nitrogens with one attached hydrogen (secondary N) is 1. The van der Waals surface area contributed by atoms with Gasteiger partial charge in [-0.05, 0) is 30.5 Å². The second-order valence-corrected chi connectivity index (χ2v) is 7.90. The summed E-state index contributed by atoms with van der Waals surface area (Å²) >= 11 is 12.4. The van der Waals surface area contributed by atoms with E-state index < -0.39 is 0 Å². The molecule has 152 valence electrons. The van der Waals surface area contributed by atoms with Gasteiger partial charge < -0.3 is 9.88 Å². The molecule has 0 aliphatic rings. The summed E-state index contributed by atoms with van der Waals surface area (Å²) in [6.45, 7) is 0.775. The molecular formula is C24H21Cl2N3O. The maximum atomic E-state index is 12.7. The molecule has 30 heavy (non-hydrogen) atoms. The molecule has 4 nitrogen and oxygen atoms in total. The van der Waals surface area contributed by atoms with E-state index in [0.717, 1.165) is 23.9 Å². The number of aromatic nitrogens is 2. The van der Waals surface area contributed by atoms with Gasteiger partial charge in [0, 0.05) is 12.1 Å². The van der Waals surface area contributed by atoms with Crippen molar-refractivity contribution >= 4 is 40.1 Å². The zero-order valence-electron chi connectivity index (χ0n) is 16.3. The SMILES string of the molecule is O=C(Cn1c(-c2ccccc2)nc2cc(Cl)c(Cl)cc21)NCCCc1ccccc1. The molecule has 0 atom stereocenters. The molecule has 1 amide bonds. The largest absolute Gasteiger partial charge is 0.355 e. The molecule has 0 aliphatic heterocycles. The molecule has 3 aromatic carbocycles. The first-order chi connectivity index (χ1) is 14.6. The number of carbonyl (C=O) groups excluding carboxylic acids is 1. The van der Waals surface area contributed by atoms with E-state index in [4.69, 9.17) is 28.2 Å². The highest BCUT2D eigenvalue weighted by Crippen LogP contribution is 2.31. The zero-order valence-corrected chi connectivity index (χ0v) is 17.8. The topological polar surface area (TPSA) is 46.9 Å². The summed E-state index contributed by atoms with van der Waals surface area (Å²) in [4.78, 5) is 17.4. The van der Waals surface area contributed by atoms with Crippen LogP contribution in [0.3, 0.4) is 0 Å². The molecule has 0 saturated heterocycles. The fourth-order valence-electron chi connectivity index (χ4n) is 3.45. The summed E-state index contributed by atoms with van der Waals surface area (Å²) in [5.41, 5.74) is 3.69. The summed E-state index contributed by atoms with van der Waals surface area (Å²) in [5.74, 6) is 0.647. The Kier molecular flexibility index (Phi) is 6.36. The van der Waals surface area contributed by atoms with Crippen LogP contribution in [0.15, 0.2) is 72.8 Å². The average molecular weight is 438 g/mol. The van der Waals surface area contributed by atoms with Crippen molar-refractivity contribution in [1.29, 1.82) is 0 Å². The predicted octanol–water partition coefficient (Wildman–Crippen LogP) is 5.76. The maximum Gasteiger partial charge on any atom is 0.240 e. The summed E-state index contributed by atoms with van der Waals surface area (Å²) in [7, 11) is 0. The van der Waals surface area contributed by atoms with E-state index >= 15 is 0 Å². The van der Waals surface area contributed by atoms with Crippen LogP contribution in [0.5, 0.6) is 0 Å². The van der Waals surface area contributed by atoms with Crippen LogP contribution in [0.25, 0.3) is 22.4 Å². The zero-order chi connectivity index (χ0) is 20.9. The Labute approximate surface area is 185 Å². The highest BCUT2D eigenvalue weighted by atomic mass is 35.5. The van der Waals surface area contributed by atoms with Gasteiger partial charge in [-0.3, -0.25) is 4.79 Å². The quantitative estimate of drug-likeness (QED) is 0.373. The number of aryl methyl sites for hydroxylation is 1. The summed E-state index contributed by atoms with van der Waals surface area (Å²) < 4.78 is 1.89. The molecular weight excluding hydrogens is 417 g/mol. The minimum absolute atomic E-state index is 0.0642. The molecule has 0 radical (unpaired) electrons. The van der Waals surface area contributed by atoms with Crippen molar-refractivity contribution in [3.8, 4) is 11.4 Å². The predicted molar refractivity (Wildman–Crippen MR) is 123 cm³/mol. The number of fused-ring (bicyclic) bond motifs is 1. The van der Waals surface area contributed by atoms with E-state index in [9.17, 15) is 4.79 Å². The van der Waals surface area contributed by atoms with Gasteiger partial charge in [0.15, 0.2) is 0 Å². The first-order valence-electron chi connectivity index (χ1n) is 9.83. The van der Waals surface area contributed by atoms with Crippen LogP contribution >= 0.6 is 23.2 Å². The molecule has 0 aliphatic carbocycles. The van der Waals surface area contributed by atoms with Crippen molar-refractivity contribution in [3.05, 3.63) is 88.4 Å². The number of hydrogen-bond acceptors (Lipinski definition) is 2. The summed E-state index contributed by atoms with van der Waals surface area (Å²) in [6.07, 6.45) is 1.81. The van der Waals surface area contributed by atoms with Gasteiger partial charge in [0.05, 0.1) is 21.1 Å². The fourth-order valence-corrected chi connectivity index (χ4v) is 3.77. The van der Waals surface area contributed by atoms with Gasteiger partial charge in [-0.25, -0.2) is 4.98 Å². The van der Waals surface area contributed by atoms with E-state index in [1.807, 2.05) is 53.1 Å². The highest BCUT2D eigenvalue weighted by Gasteiger charge is 2.16. The number of rotatable bonds is 7. The van der Waals surface area contributed by atoms with Gasteiger partial charge in [-0.15, -0.1) is 0 Å². The van der Waals surface area contributed by atoms with E-state index in [-0.39, 0.29) is 12.5 Å². The van der Waals surface area contributed by atoms with Crippen LogP contribution in [0.2, 0.25) is 10.0 Å². The standard InChI is InChI=1S/C24H21Cl2N3O/c25-19-14-21-22(15-20(19)26)29(24(28-21)18-11-5-2-6-12-18)16-23(30)27-13-7-10-17-8-3-1-4-9-17/h1-6,8-9,11-12,14-15H,7,10,13,16H2,(H,27,30). The Morgan fingerprint density at radius 1 is 0.933 bits per heavy atom. The Morgan fingerprint density at radius 2 is 1.60 bits per heavy atom. The summed E-state index contributed by atoms with van der Waals surface area (Å²) in [5, 5.41) is 3.90. The molecule has 0 bridgehead atoms. The second-order valence-electron chi connectivity index (χ2n) is 7.08. The number of nitrogens with zero attached hydrogens (tertiary/aromatic N) is 2. The minimum atomic E-state index is -0.0642. The number of hydrogen-bond donors (Lipinski definition) is 1. The van der Waals surface area contributed by atoms with Crippen molar-refractivity contribution in [2.75, 3.05) is 6.54 Å². The number of benzene rings is 3. The smallest absolute Gasteiger partial charge is 0.240 e. The minimum Gasteiger partial charge on any atom is -0.355 e. The van der Waals surface area contributed by atoms with Gasteiger partial charge in [-0.2, -0.15) is 0 Å². The third-order valence-corrected chi connectivity index (χ3v) is 5.65. The highest BCUT2D eigenvalue weighted by molar-refractivity contribution is 6.42. The molecule has 0 spiro atoms. The number of imidazole rings is 1. The monoisotopic (exact) mass is 437 g/mol. The number of carbonyl (C=O) groups is 1. The molecule has 1 aromatic heterocycles. The van der Waals surface area contributed by atoms with Crippen LogP contribution in [-0.2, 0) is 17.8 Å². The van der Waals surface area contributed by atoms with Crippen LogP contribution in [0.4, 0.5) is 0 Å². The molecule has 0 unspecified atom stereocenters. The molecule has 6 heteroatoms. The third kappa shape index (κ3) is 4.66. The molecule has 0 saturated carbocycles. The van der Waals surface area contributed by atoms with Gasteiger partial charge in [0.25, 0.3) is 0 Å². The van der Waals surface area contributed by atoms with Crippen molar-refractivity contribution in [3.63, 3.8) is 0 Å². The van der Waals surface area contributed by atoms with Crippen LogP contribution in [-0.4, -0.2) is 22.0 Å². The lowest BCUT2D eigenvalue weighted by atomic mass is 10.1. The van der Waals surface area contributed by atoms with Crippen molar-refractivity contribution in [2.45, 2.75) is 19.4 Å². The maximum absolute atomic E-state index is 12.7. The molecule has 4 rings (SSSR count). The number of amides is 1. The first kappa shape index (κ1) is 20.5. The molecule has 1 heterocycles. The fraction of sp³-hybridized carbons (Fsp3) is 0.167.